The lowest BCUT2D eigenvalue weighted by Crippen LogP contribution is -2.36. The Morgan fingerprint density at radius 1 is 1.43 bits per heavy atom. The van der Waals surface area contributed by atoms with Crippen LogP contribution in [0.5, 0.6) is 0 Å². The van der Waals surface area contributed by atoms with Crippen molar-refractivity contribution in [3.8, 4) is 0 Å². The van der Waals surface area contributed by atoms with Crippen LogP contribution in [-0.2, 0) is 11.0 Å². The second-order valence-electron chi connectivity index (χ2n) is 5.23. The number of aldehydes is 1. The van der Waals surface area contributed by atoms with Crippen LogP contribution in [0.3, 0.4) is 0 Å². The number of carbonyl (C=O) groups excluding carboxylic acids is 2. The second kappa shape index (κ2) is 7.96. The minimum Gasteiger partial charge on any atom is -0.393 e. The van der Waals surface area contributed by atoms with Crippen molar-refractivity contribution in [3.05, 3.63) is 29.3 Å². The normalized spacial score (nSPS) is 12.6. The zero-order valence-corrected chi connectivity index (χ0v) is 12.9. The van der Waals surface area contributed by atoms with Crippen LogP contribution >= 0.6 is 0 Å². The van der Waals surface area contributed by atoms with Gasteiger partial charge in [0.1, 0.15) is 0 Å². The Kier molecular flexibility index (Phi) is 6.56. The van der Waals surface area contributed by atoms with Gasteiger partial charge in [0.2, 0.25) is 5.91 Å². The molecule has 0 spiro atoms. The van der Waals surface area contributed by atoms with Crippen molar-refractivity contribution in [2.45, 2.75) is 25.6 Å². The molecule has 1 amide bonds. The van der Waals surface area contributed by atoms with Crippen molar-refractivity contribution in [3.63, 3.8) is 0 Å². The summed E-state index contributed by atoms with van der Waals surface area (Å²) in [5.74, 6) is -0.357. The summed E-state index contributed by atoms with van der Waals surface area (Å²) in [6.45, 7) is 1.76. The molecule has 1 atom stereocenters. The summed E-state index contributed by atoms with van der Waals surface area (Å²) in [4.78, 5) is 24.1. The molecule has 23 heavy (non-hydrogen) atoms. The fourth-order valence-electron chi connectivity index (χ4n) is 1.95. The van der Waals surface area contributed by atoms with E-state index in [1.165, 1.54) is 11.9 Å². The molecule has 8 heteroatoms. The lowest BCUT2D eigenvalue weighted by atomic mass is 10.1. The van der Waals surface area contributed by atoms with Gasteiger partial charge in [-0.25, -0.2) is 0 Å². The van der Waals surface area contributed by atoms with E-state index in [0.717, 1.165) is 18.2 Å². The Hall–Kier alpha value is -2.09. The highest BCUT2D eigenvalue weighted by Gasteiger charge is 2.31. The van der Waals surface area contributed by atoms with Crippen molar-refractivity contribution < 1.29 is 27.9 Å². The molecule has 0 saturated heterocycles. The number of nitrogens with one attached hydrogen (secondary N) is 1. The molecule has 2 N–H and O–H groups in total. The molecule has 0 aromatic heterocycles. The molecule has 1 unspecified atom stereocenters. The molecule has 0 radical (unpaired) electrons. The van der Waals surface area contributed by atoms with Gasteiger partial charge in [0, 0.05) is 24.8 Å². The monoisotopic (exact) mass is 332 g/mol. The van der Waals surface area contributed by atoms with Crippen LogP contribution in [0.2, 0.25) is 0 Å². The minimum absolute atomic E-state index is 0.119. The molecule has 1 rings (SSSR count). The van der Waals surface area contributed by atoms with Gasteiger partial charge in [0.05, 0.1) is 18.2 Å². The highest BCUT2D eigenvalue weighted by Crippen LogP contribution is 2.32. The molecule has 1 aromatic carbocycles. The minimum atomic E-state index is -4.53. The van der Waals surface area contributed by atoms with Crippen LogP contribution in [0.1, 0.15) is 29.3 Å². The molecule has 0 heterocycles. The van der Waals surface area contributed by atoms with E-state index in [9.17, 15) is 22.8 Å². The van der Waals surface area contributed by atoms with Crippen molar-refractivity contribution in [1.29, 1.82) is 0 Å². The molecule has 5 nitrogen and oxygen atoms in total. The van der Waals surface area contributed by atoms with E-state index in [2.05, 4.69) is 5.32 Å². The number of benzene rings is 1. The molecule has 0 saturated carbocycles. The molecule has 0 bridgehead atoms. The first-order chi connectivity index (χ1) is 10.6. The van der Waals surface area contributed by atoms with Crippen LogP contribution in [0, 0.1) is 0 Å². The number of likely N-dealkylation sites (N-methyl/N-ethyl adjacent to an activating group) is 1. The predicted molar refractivity (Wildman–Crippen MR) is 79.4 cm³/mol. The van der Waals surface area contributed by atoms with Gasteiger partial charge in [0.25, 0.3) is 0 Å². The Morgan fingerprint density at radius 3 is 2.61 bits per heavy atom. The standard InChI is InChI=1S/C15H19F3N2O3/c1-10(22)5-6-19-14(23)8-20(2)13-4-3-12(15(16,17)18)7-11(13)9-21/h3-4,7,9-10,22H,5-6,8H2,1-2H3,(H,19,23). The molecule has 0 aliphatic heterocycles. The zero-order valence-electron chi connectivity index (χ0n) is 12.9. The first-order valence-corrected chi connectivity index (χ1v) is 6.97. The number of hydrogen-bond acceptors (Lipinski definition) is 4. The van der Waals surface area contributed by atoms with Gasteiger partial charge in [-0.15, -0.1) is 0 Å². The van der Waals surface area contributed by atoms with Crippen LogP contribution in [0.4, 0.5) is 18.9 Å². The zero-order chi connectivity index (χ0) is 17.6. The number of hydrogen-bond donors (Lipinski definition) is 2. The largest absolute Gasteiger partial charge is 0.416 e. The van der Waals surface area contributed by atoms with E-state index in [1.807, 2.05) is 0 Å². The second-order valence-corrected chi connectivity index (χ2v) is 5.23. The van der Waals surface area contributed by atoms with E-state index in [4.69, 9.17) is 5.11 Å². The summed E-state index contributed by atoms with van der Waals surface area (Å²) in [7, 11) is 1.50. The fraction of sp³-hybridized carbons (Fsp3) is 0.467. The summed E-state index contributed by atoms with van der Waals surface area (Å²) < 4.78 is 37.9. The average Bonchev–Trinajstić information content (AvgIpc) is 2.45. The first kappa shape index (κ1) is 19.0. The van der Waals surface area contributed by atoms with Crippen LogP contribution in [-0.4, -0.2) is 43.5 Å². The smallest absolute Gasteiger partial charge is 0.393 e. The maximum Gasteiger partial charge on any atom is 0.416 e. The van der Waals surface area contributed by atoms with Gasteiger partial charge < -0.3 is 15.3 Å². The maximum absolute atomic E-state index is 12.6. The highest BCUT2D eigenvalue weighted by atomic mass is 19.4. The van der Waals surface area contributed by atoms with Crippen molar-refractivity contribution >= 4 is 17.9 Å². The highest BCUT2D eigenvalue weighted by molar-refractivity contribution is 5.88. The Balaban J connectivity index is 2.77. The van der Waals surface area contributed by atoms with E-state index >= 15 is 0 Å². The van der Waals surface area contributed by atoms with Gasteiger partial charge >= 0.3 is 6.18 Å². The van der Waals surface area contributed by atoms with Crippen LogP contribution < -0.4 is 10.2 Å². The third kappa shape index (κ3) is 5.90. The number of halogens is 3. The predicted octanol–water partition coefficient (Wildman–Crippen LogP) is 1.84. The molecular weight excluding hydrogens is 313 g/mol. The van der Waals surface area contributed by atoms with Crippen molar-refractivity contribution in [2.24, 2.45) is 0 Å². The van der Waals surface area contributed by atoms with Gasteiger partial charge in [0.15, 0.2) is 6.29 Å². The Bertz CT molecular complexity index is 559. The van der Waals surface area contributed by atoms with E-state index < -0.39 is 17.8 Å². The van der Waals surface area contributed by atoms with E-state index in [-0.39, 0.29) is 30.2 Å². The lowest BCUT2D eigenvalue weighted by Gasteiger charge is -2.21. The summed E-state index contributed by atoms with van der Waals surface area (Å²) >= 11 is 0. The topological polar surface area (TPSA) is 69.6 Å². The molecule has 128 valence electrons. The van der Waals surface area contributed by atoms with Crippen LogP contribution in [0.25, 0.3) is 0 Å². The molecule has 0 fully saturated rings. The third-order valence-electron chi connectivity index (χ3n) is 3.16. The average molecular weight is 332 g/mol. The van der Waals surface area contributed by atoms with Gasteiger partial charge in [-0.2, -0.15) is 13.2 Å². The van der Waals surface area contributed by atoms with Crippen LogP contribution in [0.15, 0.2) is 18.2 Å². The molecule has 1 aromatic rings. The van der Waals surface area contributed by atoms with Gasteiger partial charge in [-0.1, -0.05) is 0 Å². The first-order valence-electron chi connectivity index (χ1n) is 6.97. The van der Waals surface area contributed by atoms with Gasteiger partial charge in [-0.05, 0) is 31.5 Å². The number of carbonyl (C=O) groups is 2. The van der Waals surface area contributed by atoms with Gasteiger partial charge in [-0.3, -0.25) is 9.59 Å². The number of anilines is 1. The third-order valence-corrected chi connectivity index (χ3v) is 3.16. The summed E-state index contributed by atoms with van der Waals surface area (Å²) in [5.41, 5.74) is -0.823. The van der Waals surface area contributed by atoms with Crippen molar-refractivity contribution in [2.75, 3.05) is 25.0 Å². The number of aliphatic hydroxyl groups is 1. The number of nitrogens with zero attached hydrogens (tertiary/aromatic N) is 1. The fourth-order valence-corrected chi connectivity index (χ4v) is 1.95. The Labute approximate surface area is 132 Å². The molecule has 0 aliphatic rings. The maximum atomic E-state index is 12.6. The summed E-state index contributed by atoms with van der Waals surface area (Å²) in [6.07, 6.45) is -4.35. The molecule has 0 aliphatic carbocycles. The number of aliphatic hydroxyl groups excluding tert-OH is 1. The number of amides is 1. The summed E-state index contributed by atoms with van der Waals surface area (Å²) in [5, 5.41) is 11.7. The summed E-state index contributed by atoms with van der Waals surface area (Å²) in [6, 6.07) is 2.78. The Morgan fingerprint density at radius 2 is 2.09 bits per heavy atom. The van der Waals surface area contributed by atoms with E-state index in [0.29, 0.717) is 12.7 Å². The lowest BCUT2D eigenvalue weighted by molar-refractivity contribution is -0.137. The molecular formula is C15H19F3N2O3. The number of alkyl halides is 3. The SMILES string of the molecule is CC(O)CCNC(=O)CN(C)c1ccc(C(F)(F)F)cc1C=O. The number of rotatable bonds is 7. The van der Waals surface area contributed by atoms with Crippen molar-refractivity contribution in [1.82, 2.24) is 5.32 Å². The quantitative estimate of drug-likeness (QED) is 0.748. The van der Waals surface area contributed by atoms with E-state index in [1.54, 1.807) is 6.92 Å².